The Morgan fingerprint density at radius 2 is 2.37 bits per heavy atom. The molecule has 2 heterocycles. The van der Waals surface area contributed by atoms with Crippen LogP contribution in [0.3, 0.4) is 0 Å². The molecule has 9 nitrogen and oxygen atoms in total. The fourth-order valence-corrected chi connectivity index (χ4v) is 1.78. The SMILES string of the molecule is O=C(Nc1nncs1)N[C@H](Cc1cnc[nH]1)C(=O)O. The van der Waals surface area contributed by atoms with Crippen LogP contribution in [0.1, 0.15) is 5.69 Å². The first kappa shape index (κ1) is 13.0. The molecular weight excluding hydrogens is 272 g/mol. The molecule has 2 aromatic rings. The Morgan fingerprint density at radius 3 is 2.95 bits per heavy atom. The highest BCUT2D eigenvalue weighted by molar-refractivity contribution is 7.13. The van der Waals surface area contributed by atoms with E-state index in [9.17, 15) is 9.59 Å². The fourth-order valence-electron chi connectivity index (χ4n) is 1.34. The molecule has 2 rings (SSSR count). The van der Waals surface area contributed by atoms with Gasteiger partial charge in [0.1, 0.15) is 11.6 Å². The minimum atomic E-state index is -1.14. The molecule has 0 spiro atoms. The van der Waals surface area contributed by atoms with Crippen LogP contribution >= 0.6 is 11.3 Å². The molecule has 2 amide bonds. The van der Waals surface area contributed by atoms with E-state index in [1.165, 1.54) is 18.0 Å². The number of carbonyl (C=O) groups is 2. The minimum Gasteiger partial charge on any atom is -0.480 e. The first-order valence-electron chi connectivity index (χ1n) is 5.19. The number of imidazole rings is 1. The van der Waals surface area contributed by atoms with Gasteiger partial charge in [0.15, 0.2) is 0 Å². The summed E-state index contributed by atoms with van der Waals surface area (Å²) in [5.74, 6) is -1.14. The Morgan fingerprint density at radius 1 is 1.53 bits per heavy atom. The normalized spacial score (nSPS) is 11.8. The van der Waals surface area contributed by atoms with E-state index in [4.69, 9.17) is 5.11 Å². The number of carboxylic acids is 1. The molecule has 0 radical (unpaired) electrons. The maximum absolute atomic E-state index is 11.6. The summed E-state index contributed by atoms with van der Waals surface area (Å²) in [5.41, 5.74) is 2.07. The highest BCUT2D eigenvalue weighted by atomic mass is 32.1. The van der Waals surface area contributed by atoms with E-state index in [1.807, 2.05) is 0 Å². The number of carboxylic acid groups (broad SMARTS) is 1. The van der Waals surface area contributed by atoms with Crippen molar-refractivity contribution in [2.45, 2.75) is 12.5 Å². The van der Waals surface area contributed by atoms with Crippen LogP contribution in [0.2, 0.25) is 0 Å². The number of hydrogen-bond acceptors (Lipinski definition) is 6. The third kappa shape index (κ3) is 3.74. The second-order valence-corrected chi connectivity index (χ2v) is 4.35. The van der Waals surface area contributed by atoms with Crippen LogP contribution in [0.4, 0.5) is 9.93 Å². The smallest absolute Gasteiger partial charge is 0.326 e. The number of nitrogens with zero attached hydrogens (tertiary/aromatic N) is 3. The van der Waals surface area contributed by atoms with Crippen LogP contribution < -0.4 is 10.6 Å². The van der Waals surface area contributed by atoms with E-state index in [0.29, 0.717) is 10.8 Å². The van der Waals surface area contributed by atoms with Crippen molar-refractivity contribution in [2.24, 2.45) is 0 Å². The third-order valence-corrected chi connectivity index (χ3v) is 2.77. The van der Waals surface area contributed by atoms with Crippen molar-refractivity contribution >= 4 is 28.5 Å². The zero-order valence-corrected chi connectivity index (χ0v) is 10.3. The highest BCUT2D eigenvalue weighted by Crippen LogP contribution is 2.07. The Balaban J connectivity index is 1.93. The average Bonchev–Trinajstić information content (AvgIpc) is 3.00. The first-order valence-corrected chi connectivity index (χ1v) is 6.07. The molecule has 0 aromatic carbocycles. The predicted molar refractivity (Wildman–Crippen MR) is 65.8 cm³/mol. The Bertz CT molecular complexity index is 540. The van der Waals surface area contributed by atoms with Gasteiger partial charge in [-0.25, -0.2) is 14.6 Å². The molecule has 19 heavy (non-hydrogen) atoms. The van der Waals surface area contributed by atoms with E-state index in [1.54, 1.807) is 0 Å². The summed E-state index contributed by atoms with van der Waals surface area (Å²) in [4.78, 5) is 29.2. The van der Waals surface area contributed by atoms with Crippen LogP contribution in [0.25, 0.3) is 0 Å². The number of rotatable bonds is 5. The highest BCUT2D eigenvalue weighted by Gasteiger charge is 2.21. The fraction of sp³-hybridized carbons (Fsp3) is 0.222. The van der Waals surface area contributed by atoms with Gasteiger partial charge in [-0.3, -0.25) is 5.32 Å². The standard InChI is InChI=1S/C9H10N6O3S/c16-7(17)6(1-5-2-10-3-11-5)13-8(18)14-9-15-12-4-19-9/h2-4,6H,1H2,(H,10,11)(H,16,17)(H2,13,14,15,18)/t6-/m1/s1. The Hall–Kier alpha value is -2.49. The van der Waals surface area contributed by atoms with Crippen LogP contribution in [0.5, 0.6) is 0 Å². The van der Waals surface area contributed by atoms with Crippen molar-refractivity contribution < 1.29 is 14.7 Å². The number of nitrogens with one attached hydrogen (secondary N) is 3. The number of aliphatic carboxylic acids is 1. The molecule has 0 bridgehead atoms. The summed E-state index contributed by atoms with van der Waals surface area (Å²) in [6.45, 7) is 0. The van der Waals surface area contributed by atoms with Gasteiger partial charge < -0.3 is 15.4 Å². The molecule has 0 aliphatic carbocycles. The van der Waals surface area contributed by atoms with E-state index in [-0.39, 0.29) is 6.42 Å². The average molecular weight is 282 g/mol. The van der Waals surface area contributed by atoms with Crippen molar-refractivity contribution in [3.05, 3.63) is 23.7 Å². The van der Waals surface area contributed by atoms with E-state index in [2.05, 4.69) is 30.8 Å². The monoisotopic (exact) mass is 282 g/mol. The van der Waals surface area contributed by atoms with E-state index < -0.39 is 18.0 Å². The lowest BCUT2D eigenvalue weighted by Gasteiger charge is -2.13. The summed E-state index contributed by atoms with van der Waals surface area (Å²) < 4.78 is 0. The van der Waals surface area contributed by atoms with Gasteiger partial charge in [0.25, 0.3) is 0 Å². The molecule has 0 aliphatic rings. The van der Waals surface area contributed by atoms with Crippen molar-refractivity contribution in [1.82, 2.24) is 25.5 Å². The Labute approximate surface area is 111 Å². The van der Waals surface area contributed by atoms with Gasteiger partial charge in [0.05, 0.1) is 6.33 Å². The number of aromatic amines is 1. The first-order chi connectivity index (χ1) is 9.15. The van der Waals surface area contributed by atoms with Crippen LogP contribution in [0.15, 0.2) is 18.0 Å². The van der Waals surface area contributed by atoms with Gasteiger partial charge in [0, 0.05) is 18.3 Å². The lowest BCUT2D eigenvalue weighted by molar-refractivity contribution is -0.139. The molecule has 10 heteroatoms. The van der Waals surface area contributed by atoms with Crippen molar-refractivity contribution in [3.8, 4) is 0 Å². The van der Waals surface area contributed by atoms with Gasteiger partial charge in [0.2, 0.25) is 5.13 Å². The molecule has 0 saturated carbocycles. The molecule has 1 atom stereocenters. The Kier molecular flexibility index (Phi) is 4.03. The summed E-state index contributed by atoms with van der Waals surface area (Å²) in [6.07, 6.45) is 3.05. The minimum absolute atomic E-state index is 0.110. The van der Waals surface area contributed by atoms with Gasteiger partial charge in [-0.15, -0.1) is 10.2 Å². The van der Waals surface area contributed by atoms with Gasteiger partial charge in [-0.2, -0.15) is 0 Å². The number of urea groups is 1. The van der Waals surface area contributed by atoms with Gasteiger partial charge in [-0.1, -0.05) is 11.3 Å². The van der Waals surface area contributed by atoms with Crippen LogP contribution in [0, 0.1) is 0 Å². The molecule has 100 valence electrons. The number of carbonyl (C=O) groups excluding carboxylic acids is 1. The third-order valence-electron chi connectivity index (χ3n) is 2.16. The number of hydrogen-bond donors (Lipinski definition) is 4. The van der Waals surface area contributed by atoms with Gasteiger partial charge >= 0.3 is 12.0 Å². The summed E-state index contributed by atoms with van der Waals surface area (Å²) in [5, 5.41) is 21.2. The molecule has 0 aliphatic heterocycles. The molecular formula is C9H10N6O3S. The van der Waals surface area contributed by atoms with Crippen LogP contribution in [-0.2, 0) is 11.2 Å². The molecule has 4 N–H and O–H groups in total. The van der Waals surface area contributed by atoms with Gasteiger partial charge in [-0.05, 0) is 0 Å². The van der Waals surface area contributed by atoms with Crippen molar-refractivity contribution in [3.63, 3.8) is 0 Å². The number of aromatic nitrogens is 4. The molecule has 2 aromatic heterocycles. The topological polar surface area (TPSA) is 133 Å². The van der Waals surface area contributed by atoms with E-state index in [0.717, 1.165) is 11.3 Å². The van der Waals surface area contributed by atoms with Crippen molar-refractivity contribution in [1.29, 1.82) is 0 Å². The largest absolute Gasteiger partial charge is 0.480 e. The predicted octanol–water partition coefficient (Wildman–Crippen LogP) is 0.0786. The second kappa shape index (κ2) is 5.91. The summed E-state index contributed by atoms with van der Waals surface area (Å²) in [6, 6.07) is -1.71. The maximum Gasteiger partial charge on any atom is 0.326 e. The van der Waals surface area contributed by atoms with Crippen LogP contribution in [-0.4, -0.2) is 43.3 Å². The molecule has 0 unspecified atom stereocenters. The molecule has 0 saturated heterocycles. The van der Waals surface area contributed by atoms with Crippen molar-refractivity contribution in [2.75, 3.05) is 5.32 Å². The lowest BCUT2D eigenvalue weighted by Crippen LogP contribution is -2.44. The quantitative estimate of drug-likeness (QED) is 0.613. The number of anilines is 1. The van der Waals surface area contributed by atoms with E-state index >= 15 is 0 Å². The zero-order valence-electron chi connectivity index (χ0n) is 9.53. The number of amides is 2. The summed E-state index contributed by atoms with van der Waals surface area (Å²) >= 11 is 1.13. The maximum atomic E-state index is 11.6. The summed E-state index contributed by atoms with van der Waals surface area (Å²) in [7, 11) is 0. The molecule has 0 fully saturated rings. The lowest BCUT2D eigenvalue weighted by atomic mass is 10.2. The second-order valence-electron chi connectivity index (χ2n) is 3.51. The number of H-pyrrole nitrogens is 1. The zero-order chi connectivity index (χ0) is 13.7.